The molecule has 0 unspecified atom stereocenters. The molecule has 4 heteroatoms. The van der Waals surface area contributed by atoms with Gasteiger partial charge in [0.25, 0.3) is 0 Å². The van der Waals surface area contributed by atoms with Gasteiger partial charge in [-0.1, -0.05) is 37.5 Å². The molecular weight excluding hydrogens is 248 g/mol. The second-order valence-corrected chi connectivity index (χ2v) is 5.46. The molecule has 0 amide bonds. The molecule has 1 fully saturated rings. The Bertz CT molecular complexity index is 403. The van der Waals surface area contributed by atoms with Crippen molar-refractivity contribution in [2.24, 2.45) is 0 Å². The van der Waals surface area contributed by atoms with Gasteiger partial charge in [0.15, 0.2) is 0 Å². The van der Waals surface area contributed by atoms with Crippen molar-refractivity contribution in [1.82, 2.24) is 5.32 Å². The number of alkyl halides is 2. The molecule has 106 valence electrons. The summed E-state index contributed by atoms with van der Waals surface area (Å²) in [5.41, 5.74) is 0.908. The zero-order chi connectivity index (χ0) is 13.7. The zero-order valence-corrected chi connectivity index (χ0v) is 11.3. The first-order valence-corrected chi connectivity index (χ1v) is 6.87. The van der Waals surface area contributed by atoms with E-state index in [-0.39, 0.29) is 11.3 Å². The van der Waals surface area contributed by atoms with Crippen LogP contribution in [0.2, 0.25) is 0 Å². The van der Waals surface area contributed by atoms with Gasteiger partial charge in [-0.05, 0) is 25.8 Å². The summed E-state index contributed by atoms with van der Waals surface area (Å²) < 4.78 is 29.2. The van der Waals surface area contributed by atoms with E-state index < -0.39 is 6.61 Å². The maximum atomic E-state index is 12.3. The third-order valence-corrected chi connectivity index (χ3v) is 3.85. The summed E-state index contributed by atoms with van der Waals surface area (Å²) in [7, 11) is 0. The number of halogens is 2. The van der Waals surface area contributed by atoms with Gasteiger partial charge in [-0.25, -0.2) is 0 Å². The van der Waals surface area contributed by atoms with Gasteiger partial charge in [-0.2, -0.15) is 8.78 Å². The molecule has 1 N–H and O–H groups in total. The van der Waals surface area contributed by atoms with Gasteiger partial charge in [-0.3, -0.25) is 0 Å². The highest BCUT2D eigenvalue weighted by molar-refractivity contribution is 5.33. The van der Waals surface area contributed by atoms with E-state index in [2.05, 4.69) is 17.0 Å². The van der Waals surface area contributed by atoms with E-state index in [1.807, 2.05) is 12.1 Å². The number of ether oxygens (including phenoxy) is 1. The molecule has 0 bridgehead atoms. The fourth-order valence-electron chi connectivity index (χ4n) is 2.68. The first-order chi connectivity index (χ1) is 9.09. The van der Waals surface area contributed by atoms with E-state index >= 15 is 0 Å². The smallest absolute Gasteiger partial charge is 0.387 e. The van der Waals surface area contributed by atoms with Crippen LogP contribution in [0.4, 0.5) is 8.78 Å². The summed E-state index contributed by atoms with van der Waals surface area (Å²) in [6.45, 7) is 0.00806. The summed E-state index contributed by atoms with van der Waals surface area (Å²) in [4.78, 5) is 0. The number of hydrogen-bond acceptors (Lipinski definition) is 2. The van der Waals surface area contributed by atoms with Crippen molar-refractivity contribution in [3.8, 4) is 5.75 Å². The Balaban J connectivity index is 1.98. The summed E-state index contributed by atoms with van der Waals surface area (Å²) in [6, 6.07) is 6.98. The lowest BCUT2D eigenvalue weighted by Gasteiger charge is -2.35. The molecule has 0 spiro atoms. The quantitative estimate of drug-likeness (QED) is 0.869. The molecule has 1 aliphatic rings. The number of benzene rings is 1. The molecule has 19 heavy (non-hydrogen) atoms. The number of nitrogens with one attached hydrogen (secondary N) is 1. The predicted molar refractivity (Wildman–Crippen MR) is 71.4 cm³/mol. The van der Waals surface area contributed by atoms with Gasteiger partial charge in [0.05, 0.1) is 0 Å². The van der Waals surface area contributed by atoms with E-state index in [0.717, 1.165) is 18.4 Å². The van der Waals surface area contributed by atoms with Crippen LogP contribution in [0, 0.1) is 0 Å². The van der Waals surface area contributed by atoms with Crippen molar-refractivity contribution in [1.29, 1.82) is 0 Å². The Hall–Kier alpha value is -1.16. The van der Waals surface area contributed by atoms with Crippen LogP contribution in [0.3, 0.4) is 0 Å². The van der Waals surface area contributed by atoms with Crippen LogP contribution < -0.4 is 10.1 Å². The zero-order valence-electron chi connectivity index (χ0n) is 11.3. The maximum Gasteiger partial charge on any atom is 0.387 e. The van der Waals surface area contributed by atoms with Crippen molar-refractivity contribution < 1.29 is 13.5 Å². The summed E-state index contributed by atoms with van der Waals surface area (Å²) in [6.07, 6.45) is 6.05. The molecule has 2 nitrogen and oxygen atoms in total. The molecule has 2 rings (SSSR count). The molecule has 1 saturated carbocycles. The van der Waals surface area contributed by atoms with Crippen molar-refractivity contribution in [3.63, 3.8) is 0 Å². The van der Waals surface area contributed by atoms with Crippen molar-refractivity contribution in [2.45, 2.75) is 57.7 Å². The fraction of sp³-hybridized carbons (Fsp3) is 0.600. The molecule has 1 aromatic rings. The van der Waals surface area contributed by atoms with Gasteiger partial charge >= 0.3 is 6.61 Å². The lowest BCUT2D eigenvalue weighted by Crippen LogP contribution is -2.43. The van der Waals surface area contributed by atoms with Crippen LogP contribution in [-0.4, -0.2) is 12.2 Å². The highest BCUT2D eigenvalue weighted by Crippen LogP contribution is 2.29. The standard InChI is InChI=1S/C15H21F2NO/c1-15(9-5-2-6-10-15)18-11-12-7-3-4-8-13(12)19-14(16)17/h3-4,7-8,14,18H,2,5-6,9-11H2,1H3. The van der Waals surface area contributed by atoms with Crippen molar-refractivity contribution >= 4 is 0 Å². The van der Waals surface area contributed by atoms with Crippen LogP contribution in [0.1, 0.15) is 44.6 Å². The Morgan fingerprint density at radius 2 is 1.89 bits per heavy atom. The van der Waals surface area contributed by atoms with Crippen LogP contribution in [-0.2, 0) is 6.54 Å². The summed E-state index contributed by atoms with van der Waals surface area (Å²) in [5, 5.41) is 3.50. The first kappa shape index (κ1) is 14.3. The Morgan fingerprint density at radius 3 is 2.58 bits per heavy atom. The van der Waals surface area contributed by atoms with Gasteiger partial charge < -0.3 is 10.1 Å². The minimum atomic E-state index is -2.77. The number of hydrogen-bond donors (Lipinski definition) is 1. The van der Waals surface area contributed by atoms with E-state index in [0.29, 0.717) is 6.54 Å². The summed E-state index contributed by atoms with van der Waals surface area (Å²) in [5.74, 6) is 0.268. The van der Waals surface area contributed by atoms with Gasteiger partial charge in [0.2, 0.25) is 0 Å². The van der Waals surface area contributed by atoms with Crippen LogP contribution >= 0.6 is 0 Å². The van der Waals surface area contributed by atoms with E-state index in [4.69, 9.17) is 0 Å². The second-order valence-electron chi connectivity index (χ2n) is 5.46. The third kappa shape index (κ3) is 4.16. The van der Waals surface area contributed by atoms with Crippen LogP contribution in [0.5, 0.6) is 5.75 Å². The average Bonchev–Trinajstić information content (AvgIpc) is 2.38. The highest BCUT2D eigenvalue weighted by atomic mass is 19.3. The van der Waals surface area contributed by atoms with E-state index in [1.54, 1.807) is 12.1 Å². The molecule has 0 saturated heterocycles. The largest absolute Gasteiger partial charge is 0.434 e. The maximum absolute atomic E-state index is 12.3. The molecule has 1 aliphatic carbocycles. The van der Waals surface area contributed by atoms with Gasteiger partial charge in [0, 0.05) is 17.6 Å². The topological polar surface area (TPSA) is 21.3 Å². The average molecular weight is 269 g/mol. The molecule has 0 heterocycles. The molecular formula is C15H21F2NO. The molecule has 0 radical (unpaired) electrons. The molecule has 0 atom stereocenters. The predicted octanol–water partition coefficient (Wildman–Crippen LogP) is 4.10. The normalized spacial score (nSPS) is 18.5. The van der Waals surface area contributed by atoms with E-state index in [1.165, 1.54) is 19.3 Å². The Morgan fingerprint density at radius 1 is 1.21 bits per heavy atom. The number of para-hydroxylation sites is 1. The van der Waals surface area contributed by atoms with Crippen molar-refractivity contribution in [2.75, 3.05) is 0 Å². The van der Waals surface area contributed by atoms with Gasteiger partial charge in [-0.15, -0.1) is 0 Å². The number of rotatable bonds is 5. The lowest BCUT2D eigenvalue weighted by atomic mass is 9.83. The minimum Gasteiger partial charge on any atom is -0.434 e. The molecule has 0 aliphatic heterocycles. The monoisotopic (exact) mass is 269 g/mol. The lowest BCUT2D eigenvalue weighted by molar-refractivity contribution is -0.0505. The third-order valence-electron chi connectivity index (χ3n) is 3.85. The van der Waals surface area contributed by atoms with Crippen molar-refractivity contribution in [3.05, 3.63) is 29.8 Å². The van der Waals surface area contributed by atoms with E-state index in [9.17, 15) is 8.78 Å². The fourth-order valence-corrected chi connectivity index (χ4v) is 2.68. The Kier molecular flexibility index (Phi) is 4.75. The highest BCUT2D eigenvalue weighted by Gasteiger charge is 2.26. The molecule has 1 aromatic carbocycles. The summed E-state index contributed by atoms with van der Waals surface area (Å²) >= 11 is 0. The van der Waals surface area contributed by atoms with Crippen LogP contribution in [0.25, 0.3) is 0 Å². The molecule has 0 aromatic heterocycles. The first-order valence-electron chi connectivity index (χ1n) is 6.87. The van der Waals surface area contributed by atoms with Crippen LogP contribution in [0.15, 0.2) is 24.3 Å². The van der Waals surface area contributed by atoms with Gasteiger partial charge in [0.1, 0.15) is 5.75 Å². The SMILES string of the molecule is CC1(NCc2ccccc2OC(F)F)CCCCC1. The second kappa shape index (κ2) is 6.33. The Labute approximate surface area is 113 Å². The minimum absolute atomic E-state index is 0.121.